The molecule has 4 heteroatoms. The van der Waals surface area contributed by atoms with Crippen LogP contribution in [0.25, 0.3) is 33.2 Å². The normalized spacial score (nSPS) is 13.4. The van der Waals surface area contributed by atoms with Gasteiger partial charge >= 0.3 is 0 Å². The number of rotatable bonds is 2. The first-order valence-electron chi connectivity index (χ1n) is 8.54. The molecule has 5 rings (SSSR count). The summed E-state index contributed by atoms with van der Waals surface area (Å²) in [6.07, 6.45) is 4.30. The molecule has 0 spiro atoms. The smallest absolute Gasteiger partial charge is 0.200 e. The Morgan fingerprint density at radius 1 is 0.880 bits per heavy atom. The number of benzene rings is 2. The van der Waals surface area contributed by atoms with Crippen LogP contribution >= 0.6 is 0 Å². The highest BCUT2D eigenvalue weighted by Gasteiger charge is 2.24. The van der Waals surface area contributed by atoms with Gasteiger partial charge in [0.25, 0.3) is 0 Å². The predicted molar refractivity (Wildman–Crippen MR) is 98.8 cm³/mol. The molecule has 3 N–H and O–H groups in total. The maximum atomic E-state index is 10.5. The molecule has 1 aliphatic rings. The van der Waals surface area contributed by atoms with E-state index in [0.29, 0.717) is 11.1 Å². The third-order valence-electron chi connectivity index (χ3n) is 5.12. The lowest BCUT2D eigenvalue weighted by Gasteiger charge is -2.14. The predicted octanol–water partition coefficient (Wildman–Crippen LogP) is 4.66. The molecule has 4 aromatic rings. The Morgan fingerprint density at radius 3 is 2.52 bits per heavy atom. The molecular weight excluding hydrogens is 312 g/mol. The van der Waals surface area contributed by atoms with Crippen LogP contribution in [0.4, 0.5) is 0 Å². The molecular formula is C21H18N2O2. The molecule has 2 aromatic carbocycles. The molecule has 0 fully saturated rings. The van der Waals surface area contributed by atoms with E-state index in [0.717, 1.165) is 35.9 Å². The summed E-state index contributed by atoms with van der Waals surface area (Å²) in [7, 11) is 0. The first-order chi connectivity index (χ1) is 12.2. The van der Waals surface area contributed by atoms with Gasteiger partial charge in [-0.15, -0.1) is 0 Å². The highest BCUT2D eigenvalue weighted by Crippen LogP contribution is 2.47. The number of nitrogens with one attached hydrogen (secondary N) is 1. The van der Waals surface area contributed by atoms with E-state index in [-0.39, 0.29) is 11.8 Å². The van der Waals surface area contributed by atoms with Crippen LogP contribution in [0.15, 0.2) is 54.7 Å². The molecule has 0 unspecified atom stereocenters. The number of aromatic nitrogens is 2. The van der Waals surface area contributed by atoms with Crippen LogP contribution in [-0.4, -0.2) is 19.8 Å². The minimum Gasteiger partial charge on any atom is -0.494 e. The Kier molecular flexibility index (Phi) is 2.95. The molecule has 0 saturated carbocycles. The zero-order valence-electron chi connectivity index (χ0n) is 13.7. The summed E-state index contributed by atoms with van der Waals surface area (Å²) in [4.78, 5) is 2.70. The summed E-state index contributed by atoms with van der Waals surface area (Å²) in [5.41, 5.74) is 5.71. The minimum atomic E-state index is -0.00868. The summed E-state index contributed by atoms with van der Waals surface area (Å²) in [6.45, 7) is 0.978. The number of H-pyrrole nitrogens is 1. The second kappa shape index (κ2) is 5.18. The molecule has 0 atom stereocenters. The number of para-hydroxylation sites is 1. The van der Waals surface area contributed by atoms with Gasteiger partial charge in [0, 0.05) is 23.7 Å². The SMILES string of the molecule is Oc1[nH]c(O)c(-c2cn3c4c(cccc24)CCC3)c1-c1ccccc1. The zero-order valence-corrected chi connectivity index (χ0v) is 13.7. The first kappa shape index (κ1) is 14.2. The molecule has 1 aliphatic heterocycles. The Bertz CT molecular complexity index is 1090. The van der Waals surface area contributed by atoms with Gasteiger partial charge < -0.3 is 14.8 Å². The lowest BCUT2D eigenvalue weighted by Crippen LogP contribution is -2.05. The van der Waals surface area contributed by atoms with Crippen molar-refractivity contribution >= 4 is 10.9 Å². The van der Waals surface area contributed by atoms with Gasteiger partial charge in [-0.1, -0.05) is 48.5 Å². The average Bonchev–Trinajstić information content (AvgIpc) is 3.14. The van der Waals surface area contributed by atoms with Crippen molar-refractivity contribution in [3.8, 4) is 34.0 Å². The van der Waals surface area contributed by atoms with Crippen LogP contribution < -0.4 is 0 Å². The lowest BCUT2D eigenvalue weighted by molar-refractivity contribution is 0.426. The Labute approximate surface area is 145 Å². The average molecular weight is 330 g/mol. The van der Waals surface area contributed by atoms with E-state index in [9.17, 15) is 10.2 Å². The Morgan fingerprint density at radius 2 is 1.68 bits per heavy atom. The number of hydrogen-bond donors (Lipinski definition) is 3. The third kappa shape index (κ3) is 2.00. The quantitative estimate of drug-likeness (QED) is 0.500. The largest absolute Gasteiger partial charge is 0.494 e. The topological polar surface area (TPSA) is 61.2 Å². The van der Waals surface area contributed by atoms with E-state index in [2.05, 4.69) is 33.9 Å². The van der Waals surface area contributed by atoms with Crippen LogP contribution in [0.2, 0.25) is 0 Å². The number of aryl methyl sites for hydroxylation is 2. The van der Waals surface area contributed by atoms with Crippen molar-refractivity contribution in [3.63, 3.8) is 0 Å². The van der Waals surface area contributed by atoms with Gasteiger partial charge in [0.2, 0.25) is 0 Å². The van der Waals surface area contributed by atoms with Crippen molar-refractivity contribution in [3.05, 3.63) is 60.3 Å². The monoisotopic (exact) mass is 330 g/mol. The van der Waals surface area contributed by atoms with E-state index in [4.69, 9.17) is 0 Å². The molecule has 124 valence electrons. The molecule has 2 aromatic heterocycles. The lowest BCUT2D eigenvalue weighted by atomic mass is 9.96. The van der Waals surface area contributed by atoms with Gasteiger partial charge in [-0.2, -0.15) is 0 Å². The van der Waals surface area contributed by atoms with Gasteiger partial charge in [0.15, 0.2) is 11.8 Å². The number of aromatic hydroxyl groups is 2. The van der Waals surface area contributed by atoms with Gasteiger partial charge in [-0.05, 0) is 24.0 Å². The van der Waals surface area contributed by atoms with Crippen LogP contribution in [0, 0.1) is 0 Å². The van der Waals surface area contributed by atoms with Crippen LogP contribution in [-0.2, 0) is 13.0 Å². The first-order valence-corrected chi connectivity index (χ1v) is 8.54. The number of hydrogen-bond acceptors (Lipinski definition) is 2. The molecule has 0 bridgehead atoms. The van der Waals surface area contributed by atoms with Gasteiger partial charge in [-0.25, -0.2) is 0 Å². The van der Waals surface area contributed by atoms with Gasteiger partial charge in [0.05, 0.1) is 16.6 Å². The highest BCUT2D eigenvalue weighted by molar-refractivity contribution is 6.04. The summed E-state index contributed by atoms with van der Waals surface area (Å²) >= 11 is 0. The van der Waals surface area contributed by atoms with E-state index in [1.807, 2.05) is 30.3 Å². The Hall–Kier alpha value is -3.14. The summed E-state index contributed by atoms with van der Waals surface area (Å²) < 4.78 is 2.27. The fraction of sp³-hybridized carbons (Fsp3) is 0.143. The molecule has 0 amide bonds. The standard InChI is InChI=1S/C21H18N2O2/c24-20-17(13-6-2-1-3-7-13)18(21(25)22-20)16-12-23-11-5-9-14-8-4-10-15(16)19(14)23/h1-4,6-8,10,12,22,24-25H,5,9,11H2. The van der Waals surface area contributed by atoms with Crippen LogP contribution in [0.5, 0.6) is 11.8 Å². The van der Waals surface area contributed by atoms with E-state index >= 15 is 0 Å². The number of aromatic amines is 1. The fourth-order valence-corrected chi connectivity index (χ4v) is 4.08. The van der Waals surface area contributed by atoms with E-state index < -0.39 is 0 Å². The van der Waals surface area contributed by atoms with Crippen molar-refractivity contribution in [2.75, 3.05) is 0 Å². The van der Waals surface area contributed by atoms with E-state index in [1.54, 1.807) is 0 Å². The molecule has 3 heterocycles. The van der Waals surface area contributed by atoms with Crippen LogP contribution in [0.3, 0.4) is 0 Å². The molecule has 0 saturated heterocycles. The maximum Gasteiger partial charge on any atom is 0.200 e. The molecule has 4 nitrogen and oxygen atoms in total. The summed E-state index contributed by atoms with van der Waals surface area (Å²) in [5.74, 6) is -0.00863. The van der Waals surface area contributed by atoms with Crippen molar-refractivity contribution in [1.82, 2.24) is 9.55 Å². The van der Waals surface area contributed by atoms with Crippen molar-refractivity contribution < 1.29 is 10.2 Å². The second-order valence-electron chi connectivity index (χ2n) is 6.59. The van der Waals surface area contributed by atoms with Crippen LogP contribution in [0.1, 0.15) is 12.0 Å². The third-order valence-corrected chi connectivity index (χ3v) is 5.12. The maximum absolute atomic E-state index is 10.5. The Balaban J connectivity index is 1.85. The van der Waals surface area contributed by atoms with E-state index in [1.165, 1.54) is 11.1 Å². The van der Waals surface area contributed by atoms with Gasteiger partial charge in [0.1, 0.15) is 0 Å². The molecule has 0 radical (unpaired) electrons. The summed E-state index contributed by atoms with van der Waals surface area (Å²) in [5, 5.41) is 22.1. The van der Waals surface area contributed by atoms with Crippen molar-refractivity contribution in [2.24, 2.45) is 0 Å². The number of nitrogens with zero attached hydrogens (tertiary/aromatic N) is 1. The van der Waals surface area contributed by atoms with Gasteiger partial charge in [-0.3, -0.25) is 4.98 Å². The summed E-state index contributed by atoms with van der Waals surface area (Å²) in [6, 6.07) is 16.0. The minimum absolute atomic E-state index is 0.0000491. The molecule has 25 heavy (non-hydrogen) atoms. The zero-order chi connectivity index (χ0) is 17.0. The van der Waals surface area contributed by atoms with Crippen molar-refractivity contribution in [1.29, 1.82) is 0 Å². The highest BCUT2D eigenvalue weighted by atomic mass is 16.3. The fourth-order valence-electron chi connectivity index (χ4n) is 4.08. The molecule has 0 aliphatic carbocycles. The second-order valence-corrected chi connectivity index (χ2v) is 6.59. The van der Waals surface area contributed by atoms with Crippen molar-refractivity contribution in [2.45, 2.75) is 19.4 Å².